The maximum atomic E-state index is 12.4. The second-order valence-electron chi connectivity index (χ2n) is 5.33. The maximum Gasteiger partial charge on any atom is 0.242 e. The first-order valence-corrected chi connectivity index (χ1v) is 8.58. The summed E-state index contributed by atoms with van der Waals surface area (Å²) in [5.74, 6) is 0. The van der Waals surface area contributed by atoms with Crippen LogP contribution >= 0.6 is 0 Å². The average Bonchev–Trinajstić information content (AvgIpc) is 2.46. The molecule has 1 unspecified atom stereocenters. The van der Waals surface area contributed by atoms with Crippen molar-refractivity contribution in [1.82, 2.24) is 9.62 Å². The van der Waals surface area contributed by atoms with Gasteiger partial charge in [-0.3, -0.25) is 0 Å². The molecule has 0 aliphatic carbocycles. The fourth-order valence-electron chi connectivity index (χ4n) is 1.81. The number of ether oxygens (including phenoxy) is 1. The van der Waals surface area contributed by atoms with E-state index >= 15 is 0 Å². The first-order chi connectivity index (χ1) is 9.78. The summed E-state index contributed by atoms with van der Waals surface area (Å²) in [5.41, 5.74) is 1.06. The lowest BCUT2D eigenvalue weighted by molar-refractivity contribution is 0.0737. The Morgan fingerprint density at radius 2 is 1.76 bits per heavy atom. The molecule has 0 spiro atoms. The van der Waals surface area contributed by atoms with Gasteiger partial charge in [-0.1, -0.05) is 12.1 Å². The van der Waals surface area contributed by atoms with Gasteiger partial charge in [-0.2, -0.15) is 4.31 Å². The van der Waals surface area contributed by atoms with E-state index in [1.165, 1.54) is 4.31 Å². The van der Waals surface area contributed by atoms with E-state index in [0.29, 0.717) is 18.0 Å². The molecular weight excluding hydrogens is 288 g/mol. The van der Waals surface area contributed by atoms with Gasteiger partial charge in [0, 0.05) is 19.6 Å². The van der Waals surface area contributed by atoms with Gasteiger partial charge in [-0.05, 0) is 45.5 Å². The highest BCUT2D eigenvalue weighted by Crippen LogP contribution is 2.18. The van der Waals surface area contributed by atoms with Crippen molar-refractivity contribution in [3.05, 3.63) is 29.8 Å². The smallest absolute Gasteiger partial charge is 0.242 e. The van der Waals surface area contributed by atoms with Gasteiger partial charge in [0.15, 0.2) is 0 Å². The molecule has 5 nitrogen and oxygen atoms in total. The van der Waals surface area contributed by atoms with E-state index in [9.17, 15) is 8.42 Å². The number of hydrogen-bond donors (Lipinski definition) is 1. The largest absolute Gasteiger partial charge is 0.377 e. The Morgan fingerprint density at radius 3 is 2.24 bits per heavy atom. The first-order valence-electron chi connectivity index (χ1n) is 7.14. The molecule has 0 aliphatic rings. The van der Waals surface area contributed by atoms with Crippen LogP contribution in [0.1, 0.15) is 32.4 Å². The number of nitrogens with zero attached hydrogens (tertiary/aromatic N) is 1. The van der Waals surface area contributed by atoms with Crippen LogP contribution in [0.5, 0.6) is 0 Å². The molecule has 1 aromatic rings. The Bertz CT molecular complexity index is 526. The number of benzene rings is 1. The molecule has 120 valence electrons. The molecule has 0 bridgehead atoms. The van der Waals surface area contributed by atoms with E-state index in [1.807, 2.05) is 40.0 Å². The van der Waals surface area contributed by atoms with Crippen LogP contribution in [0, 0.1) is 0 Å². The Morgan fingerprint density at radius 1 is 1.19 bits per heavy atom. The van der Waals surface area contributed by atoms with Gasteiger partial charge in [0.2, 0.25) is 10.0 Å². The molecule has 6 heteroatoms. The Labute approximate surface area is 128 Å². The maximum absolute atomic E-state index is 12.4. The highest BCUT2D eigenvalue weighted by molar-refractivity contribution is 7.89. The van der Waals surface area contributed by atoms with Crippen molar-refractivity contribution in [3.8, 4) is 0 Å². The van der Waals surface area contributed by atoms with Gasteiger partial charge in [0.05, 0.1) is 17.6 Å². The van der Waals surface area contributed by atoms with Gasteiger partial charge in [0.1, 0.15) is 0 Å². The van der Waals surface area contributed by atoms with Crippen LogP contribution in [0.4, 0.5) is 0 Å². The van der Waals surface area contributed by atoms with Crippen molar-refractivity contribution < 1.29 is 13.2 Å². The lowest BCUT2D eigenvalue weighted by atomic mass is 10.1. The summed E-state index contributed by atoms with van der Waals surface area (Å²) in [7, 11) is -0.00777. The summed E-state index contributed by atoms with van der Waals surface area (Å²) in [6.45, 7) is 6.61. The van der Waals surface area contributed by atoms with Crippen LogP contribution in [0.25, 0.3) is 0 Å². The fraction of sp³-hybridized carbons (Fsp3) is 0.600. The molecule has 0 aromatic heterocycles. The first kappa shape index (κ1) is 18.1. The average molecular weight is 314 g/mol. The molecule has 0 radical (unpaired) electrons. The van der Waals surface area contributed by atoms with Crippen molar-refractivity contribution in [2.75, 3.05) is 27.2 Å². The van der Waals surface area contributed by atoms with Crippen molar-refractivity contribution >= 4 is 10.0 Å². The third-order valence-electron chi connectivity index (χ3n) is 3.38. The topological polar surface area (TPSA) is 58.6 Å². The molecular formula is C15H26N2O3S. The van der Waals surface area contributed by atoms with Crippen molar-refractivity contribution in [3.63, 3.8) is 0 Å². The van der Waals surface area contributed by atoms with Crippen molar-refractivity contribution in [1.29, 1.82) is 0 Å². The molecule has 1 N–H and O–H groups in total. The zero-order valence-electron chi connectivity index (χ0n) is 13.5. The number of rotatable bonds is 8. The number of hydrogen-bond acceptors (Lipinski definition) is 4. The lowest BCUT2D eigenvalue weighted by Crippen LogP contribution is -2.31. The molecule has 1 atom stereocenters. The molecule has 0 saturated carbocycles. The summed E-state index contributed by atoms with van der Waals surface area (Å²) in [6.07, 6.45) is 0.100. The summed E-state index contributed by atoms with van der Waals surface area (Å²) >= 11 is 0. The minimum Gasteiger partial charge on any atom is -0.377 e. The van der Waals surface area contributed by atoms with Crippen LogP contribution in [-0.4, -0.2) is 46.1 Å². The lowest BCUT2D eigenvalue weighted by Gasteiger charge is -2.18. The van der Waals surface area contributed by atoms with E-state index < -0.39 is 10.0 Å². The van der Waals surface area contributed by atoms with Gasteiger partial charge in [-0.25, -0.2) is 8.42 Å². The fourth-order valence-corrected chi connectivity index (χ4v) is 2.97. The Kier molecular flexibility index (Phi) is 6.80. The third-order valence-corrected chi connectivity index (χ3v) is 5.25. The van der Waals surface area contributed by atoms with Crippen LogP contribution < -0.4 is 5.32 Å². The predicted octanol–water partition coefficient (Wildman–Crippen LogP) is 2.01. The van der Waals surface area contributed by atoms with E-state index in [2.05, 4.69) is 5.32 Å². The van der Waals surface area contributed by atoms with Crippen molar-refractivity contribution in [2.45, 2.75) is 37.8 Å². The van der Waals surface area contributed by atoms with E-state index in [4.69, 9.17) is 4.74 Å². The van der Waals surface area contributed by atoms with Crippen LogP contribution in [0.3, 0.4) is 0 Å². The minimum atomic E-state index is -3.45. The summed E-state index contributed by atoms with van der Waals surface area (Å²) in [5, 5.41) is 3.12. The molecule has 0 aliphatic heterocycles. The van der Waals surface area contributed by atoms with E-state index in [-0.39, 0.29) is 12.1 Å². The molecule has 0 heterocycles. The van der Waals surface area contributed by atoms with Gasteiger partial charge in [0.25, 0.3) is 0 Å². The quantitative estimate of drug-likeness (QED) is 0.797. The standard InChI is InChI=1S/C15H26N2O3S/c1-12(2)20-11-10-17(5)21(18,19)15-8-6-14(7-9-15)13(3)16-4/h6-9,12-13,16H,10-11H2,1-5H3. The second kappa shape index (κ2) is 7.89. The van der Waals surface area contributed by atoms with Crippen LogP contribution in [0.2, 0.25) is 0 Å². The number of nitrogens with one attached hydrogen (secondary N) is 1. The Hall–Kier alpha value is -0.950. The van der Waals surface area contributed by atoms with Crippen LogP contribution in [0.15, 0.2) is 29.2 Å². The highest BCUT2D eigenvalue weighted by atomic mass is 32.2. The monoisotopic (exact) mass is 314 g/mol. The van der Waals surface area contributed by atoms with Gasteiger partial charge < -0.3 is 10.1 Å². The molecule has 21 heavy (non-hydrogen) atoms. The summed E-state index contributed by atoms with van der Waals surface area (Å²) in [4.78, 5) is 0.307. The van der Waals surface area contributed by atoms with Gasteiger partial charge in [-0.15, -0.1) is 0 Å². The van der Waals surface area contributed by atoms with E-state index in [1.54, 1.807) is 19.2 Å². The second-order valence-corrected chi connectivity index (χ2v) is 7.37. The van der Waals surface area contributed by atoms with E-state index in [0.717, 1.165) is 5.56 Å². The minimum absolute atomic E-state index is 0.100. The summed E-state index contributed by atoms with van der Waals surface area (Å²) < 4.78 is 31.5. The normalized spacial score (nSPS) is 13.9. The SMILES string of the molecule is CNC(C)c1ccc(S(=O)(=O)N(C)CCOC(C)C)cc1. The molecule has 1 aromatic carbocycles. The third kappa shape index (κ3) is 5.07. The number of likely N-dealkylation sites (N-methyl/N-ethyl adjacent to an activating group) is 1. The molecule has 0 fully saturated rings. The molecule has 0 saturated heterocycles. The van der Waals surface area contributed by atoms with Crippen LogP contribution in [-0.2, 0) is 14.8 Å². The molecule has 1 rings (SSSR count). The number of sulfonamides is 1. The Balaban J connectivity index is 2.77. The summed E-state index contributed by atoms with van der Waals surface area (Å²) in [6, 6.07) is 7.18. The predicted molar refractivity (Wildman–Crippen MR) is 84.8 cm³/mol. The highest BCUT2D eigenvalue weighted by Gasteiger charge is 2.20. The van der Waals surface area contributed by atoms with Crippen molar-refractivity contribution in [2.24, 2.45) is 0 Å². The zero-order chi connectivity index (χ0) is 16.0. The molecule has 0 amide bonds. The zero-order valence-corrected chi connectivity index (χ0v) is 14.3. The van der Waals surface area contributed by atoms with Gasteiger partial charge >= 0.3 is 0 Å².